The first-order valence-electron chi connectivity index (χ1n) is 17.4. The van der Waals surface area contributed by atoms with Gasteiger partial charge in [-0.15, -0.1) is 0 Å². The number of benzene rings is 6. The number of hydrogen-bond donors (Lipinski definition) is 4. The molecule has 0 saturated carbocycles. The Bertz CT molecular complexity index is 2500. The Hall–Kier alpha value is -7.86. The molecule has 0 aromatic heterocycles. The fraction of sp³-hybridized carbons (Fsp3) is 0.0667. The normalized spacial score (nSPS) is 10.8. The average molecular weight is 763 g/mol. The smallest absolute Gasteiger partial charge is 0.343 e. The molecule has 12 heteroatoms. The van der Waals surface area contributed by atoms with Gasteiger partial charge >= 0.3 is 23.9 Å². The van der Waals surface area contributed by atoms with Gasteiger partial charge in [-0.2, -0.15) is 0 Å². The van der Waals surface area contributed by atoms with Gasteiger partial charge in [-0.1, -0.05) is 74.5 Å². The Morgan fingerprint density at radius 2 is 0.842 bits per heavy atom. The summed E-state index contributed by atoms with van der Waals surface area (Å²) in [4.78, 5) is 75.7. The predicted molar refractivity (Wildman–Crippen MR) is 211 cm³/mol. The number of carboxylic acid groups (broad SMARTS) is 2. The summed E-state index contributed by atoms with van der Waals surface area (Å²) in [6, 6.07) is 37.9. The van der Waals surface area contributed by atoms with Gasteiger partial charge in [0.2, 0.25) is 0 Å². The third-order valence-electron chi connectivity index (χ3n) is 9.10. The van der Waals surface area contributed by atoms with Crippen molar-refractivity contribution in [1.82, 2.24) is 0 Å². The number of para-hydroxylation sites is 2. The van der Waals surface area contributed by atoms with Crippen molar-refractivity contribution in [3.05, 3.63) is 190 Å². The van der Waals surface area contributed by atoms with Crippen LogP contribution in [0.4, 0.5) is 11.4 Å². The molecule has 6 rings (SSSR count). The van der Waals surface area contributed by atoms with E-state index in [2.05, 4.69) is 10.6 Å². The van der Waals surface area contributed by atoms with E-state index in [1.165, 1.54) is 30.3 Å². The van der Waals surface area contributed by atoms with Gasteiger partial charge < -0.3 is 30.3 Å². The molecule has 0 unspecified atom stereocenters. The molecule has 2 amide bonds. The Kier molecular flexibility index (Phi) is 11.4. The van der Waals surface area contributed by atoms with Gasteiger partial charge in [-0.3, -0.25) is 9.59 Å². The van der Waals surface area contributed by atoms with E-state index in [0.29, 0.717) is 11.4 Å². The van der Waals surface area contributed by atoms with Crippen LogP contribution in [0.1, 0.15) is 87.1 Å². The van der Waals surface area contributed by atoms with Crippen molar-refractivity contribution in [3.8, 4) is 11.5 Å². The van der Waals surface area contributed by atoms with Crippen LogP contribution in [-0.2, 0) is 5.41 Å². The van der Waals surface area contributed by atoms with E-state index >= 15 is 0 Å². The standard InChI is InChI=1S/C45H34N2O10/c1-45(2,29-15-19-33(20-16-29)56-43(54)27-14-24-36(41(50)51)37(25-27)40(49)47-32-11-7-4-8-12-32)30-17-21-34(22-18-30)57-44(55)28-13-23-35(38(26-28)42(52)53)39(48)46-31-9-5-3-6-10-31/h3-26H,1-2H3,(H,46,48)(H,47,49)(H,50,51)(H,52,53). The van der Waals surface area contributed by atoms with Crippen LogP contribution in [0.25, 0.3) is 0 Å². The van der Waals surface area contributed by atoms with E-state index in [9.17, 15) is 39.0 Å². The molecule has 57 heavy (non-hydrogen) atoms. The van der Waals surface area contributed by atoms with Gasteiger partial charge in [-0.25, -0.2) is 19.2 Å². The van der Waals surface area contributed by atoms with Crippen molar-refractivity contribution in [2.45, 2.75) is 19.3 Å². The monoisotopic (exact) mass is 762 g/mol. The first-order valence-corrected chi connectivity index (χ1v) is 17.4. The second kappa shape index (κ2) is 16.7. The number of esters is 2. The summed E-state index contributed by atoms with van der Waals surface area (Å²) in [6.45, 7) is 3.95. The predicted octanol–water partition coefficient (Wildman–Crippen LogP) is 8.35. The van der Waals surface area contributed by atoms with E-state index in [1.54, 1.807) is 109 Å². The summed E-state index contributed by atoms with van der Waals surface area (Å²) in [5.41, 5.74) is 1.06. The maximum absolute atomic E-state index is 13.1. The summed E-state index contributed by atoms with van der Waals surface area (Å²) in [5.74, 6) is -5.22. The van der Waals surface area contributed by atoms with Crippen molar-refractivity contribution in [2.24, 2.45) is 0 Å². The molecule has 4 N–H and O–H groups in total. The topological polar surface area (TPSA) is 185 Å². The number of rotatable bonds is 12. The zero-order chi connectivity index (χ0) is 40.7. The zero-order valence-corrected chi connectivity index (χ0v) is 30.5. The molecule has 0 radical (unpaired) electrons. The van der Waals surface area contributed by atoms with E-state index in [4.69, 9.17) is 9.47 Å². The Labute approximate surface area is 326 Å². The van der Waals surface area contributed by atoms with Crippen molar-refractivity contribution in [2.75, 3.05) is 10.6 Å². The number of hydrogen-bond acceptors (Lipinski definition) is 8. The summed E-state index contributed by atoms with van der Waals surface area (Å²) in [6.07, 6.45) is 0. The highest BCUT2D eigenvalue weighted by Crippen LogP contribution is 2.34. The van der Waals surface area contributed by atoms with Crippen LogP contribution in [0, 0.1) is 0 Å². The maximum atomic E-state index is 13.1. The van der Waals surface area contributed by atoms with Crippen molar-refractivity contribution >= 4 is 47.1 Å². The van der Waals surface area contributed by atoms with Crippen LogP contribution in [0.15, 0.2) is 146 Å². The molecule has 0 spiro atoms. The molecule has 6 aromatic rings. The Balaban J connectivity index is 1.10. The lowest BCUT2D eigenvalue weighted by atomic mass is 9.78. The van der Waals surface area contributed by atoms with Crippen molar-refractivity contribution in [1.29, 1.82) is 0 Å². The van der Waals surface area contributed by atoms with Gasteiger partial charge in [0.1, 0.15) is 11.5 Å². The van der Waals surface area contributed by atoms with Crippen molar-refractivity contribution < 1.29 is 48.5 Å². The van der Waals surface area contributed by atoms with Gasteiger partial charge in [-0.05, 0) is 96.1 Å². The summed E-state index contributed by atoms with van der Waals surface area (Å²) in [7, 11) is 0. The van der Waals surface area contributed by atoms with Gasteiger partial charge in [0, 0.05) is 16.8 Å². The van der Waals surface area contributed by atoms with Crippen LogP contribution in [0.3, 0.4) is 0 Å². The molecule has 0 aliphatic carbocycles. The Morgan fingerprint density at radius 3 is 1.26 bits per heavy atom. The van der Waals surface area contributed by atoms with Crippen molar-refractivity contribution in [3.63, 3.8) is 0 Å². The van der Waals surface area contributed by atoms with Gasteiger partial charge in [0.05, 0.1) is 33.4 Å². The number of carbonyl (C=O) groups is 6. The average Bonchev–Trinajstić information content (AvgIpc) is 3.21. The maximum Gasteiger partial charge on any atom is 0.343 e. The molecule has 0 bridgehead atoms. The third-order valence-corrected chi connectivity index (χ3v) is 9.10. The lowest BCUT2D eigenvalue weighted by Crippen LogP contribution is -2.19. The molecule has 6 aromatic carbocycles. The minimum Gasteiger partial charge on any atom is -0.478 e. The molecule has 0 fully saturated rings. The minimum atomic E-state index is -1.38. The SMILES string of the molecule is CC(C)(c1ccc(OC(=O)c2ccc(C(=O)Nc3ccccc3)c(C(=O)O)c2)cc1)c1ccc(OC(=O)c2ccc(C(=O)O)c(C(=O)Nc3ccccc3)c2)cc1. The van der Waals surface area contributed by atoms with Crippen LogP contribution < -0.4 is 20.1 Å². The first-order chi connectivity index (χ1) is 27.3. The van der Waals surface area contributed by atoms with E-state index in [1.807, 2.05) is 13.8 Å². The lowest BCUT2D eigenvalue weighted by Gasteiger charge is -2.26. The number of nitrogens with one attached hydrogen (secondary N) is 2. The summed E-state index contributed by atoms with van der Waals surface area (Å²) >= 11 is 0. The number of anilines is 2. The Morgan fingerprint density at radius 1 is 0.456 bits per heavy atom. The minimum absolute atomic E-state index is 0.0195. The highest BCUT2D eigenvalue weighted by molar-refractivity contribution is 6.13. The summed E-state index contributed by atoms with van der Waals surface area (Å²) in [5, 5.41) is 24.7. The lowest BCUT2D eigenvalue weighted by molar-refractivity contribution is 0.0682. The molecule has 0 atom stereocenters. The van der Waals surface area contributed by atoms with E-state index in [-0.39, 0.29) is 44.9 Å². The highest BCUT2D eigenvalue weighted by Gasteiger charge is 2.25. The number of aromatic carboxylic acids is 2. The number of carboxylic acids is 2. The number of ether oxygens (including phenoxy) is 2. The quantitative estimate of drug-likeness (QED) is 0.0698. The highest BCUT2D eigenvalue weighted by atomic mass is 16.5. The largest absolute Gasteiger partial charge is 0.478 e. The molecule has 0 aliphatic rings. The van der Waals surface area contributed by atoms with Gasteiger partial charge in [0.15, 0.2) is 0 Å². The molecule has 0 saturated heterocycles. The third kappa shape index (κ3) is 9.10. The van der Waals surface area contributed by atoms with Crippen LogP contribution in [0.5, 0.6) is 11.5 Å². The molecule has 12 nitrogen and oxygen atoms in total. The van der Waals surface area contributed by atoms with Crippen LogP contribution in [0.2, 0.25) is 0 Å². The number of carbonyl (C=O) groups excluding carboxylic acids is 4. The molecule has 0 aliphatic heterocycles. The molecular weight excluding hydrogens is 728 g/mol. The summed E-state index contributed by atoms with van der Waals surface area (Å²) < 4.78 is 11.1. The molecule has 284 valence electrons. The second-order valence-corrected chi connectivity index (χ2v) is 13.2. The van der Waals surface area contributed by atoms with Crippen LogP contribution in [-0.4, -0.2) is 45.9 Å². The van der Waals surface area contributed by atoms with E-state index < -0.39 is 41.1 Å². The van der Waals surface area contributed by atoms with Crippen LogP contribution >= 0.6 is 0 Å². The number of amides is 2. The fourth-order valence-electron chi connectivity index (χ4n) is 5.91. The second-order valence-electron chi connectivity index (χ2n) is 13.2. The van der Waals surface area contributed by atoms with E-state index in [0.717, 1.165) is 17.2 Å². The molecular formula is C45H34N2O10. The zero-order valence-electron chi connectivity index (χ0n) is 30.5. The first kappa shape index (κ1) is 38.9. The fourth-order valence-corrected chi connectivity index (χ4v) is 5.91. The van der Waals surface area contributed by atoms with Gasteiger partial charge in [0.25, 0.3) is 11.8 Å². The molecule has 0 heterocycles.